The first-order valence-electron chi connectivity index (χ1n) is 6.54. The van der Waals surface area contributed by atoms with Crippen molar-refractivity contribution in [1.29, 1.82) is 0 Å². The maximum atomic E-state index is 5.58. The summed E-state index contributed by atoms with van der Waals surface area (Å²) in [7, 11) is 0. The molecule has 0 N–H and O–H groups in total. The summed E-state index contributed by atoms with van der Waals surface area (Å²) < 4.78 is 7.83. The molecule has 19 heavy (non-hydrogen) atoms. The minimum atomic E-state index is 0.0470. The maximum absolute atomic E-state index is 5.58. The average molecular weight is 252 g/mol. The van der Waals surface area contributed by atoms with Gasteiger partial charge in [-0.2, -0.15) is 4.57 Å². The van der Waals surface area contributed by atoms with Crippen LogP contribution in [0.15, 0.2) is 59.5 Å². The summed E-state index contributed by atoms with van der Waals surface area (Å²) in [6, 6.07) is 12.4. The summed E-state index contributed by atoms with van der Waals surface area (Å²) in [5.41, 5.74) is 1.18. The van der Waals surface area contributed by atoms with Crippen molar-refractivity contribution in [1.82, 2.24) is 0 Å². The van der Waals surface area contributed by atoms with Crippen LogP contribution in [0.2, 0.25) is 0 Å². The monoisotopic (exact) mass is 252 g/mol. The number of nitrogens with zero attached hydrogens (tertiary/aromatic N) is 1. The SMILES string of the molecule is CC(C)(C)[n+]1cc(-c2ccco2)c2ccccc2c1. The van der Waals surface area contributed by atoms with Crippen molar-refractivity contribution in [3.63, 3.8) is 0 Å². The van der Waals surface area contributed by atoms with Gasteiger partial charge in [0, 0.05) is 31.5 Å². The van der Waals surface area contributed by atoms with Crippen LogP contribution in [0, 0.1) is 0 Å². The summed E-state index contributed by atoms with van der Waals surface area (Å²) in [5, 5.41) is 2.45. The Morgan fingerprint density at radius 2 is 1.74 bits per heavy atom. The second-order valence-electron chi connectivity index (χ2n) is 5.81. The summed E-state index contributed by atoms with van der Waals surface area (Å²) >= 11 is 0. The van der Waals surface area contributed by atoms with Crippen molar-refractivity contribution in [2.45, 2.75) is 26.3 Å². The second-order valence-corrected chi connectivity index (χ2v) is 5.81. The summed E-state index contributed by atoms with van der Waals surface area (Å²) in [6.45, 7) is 6.61. The number of hydrogen-bond donors (Lipinski definition) is 0. The average Bonchev–Trinajstić information content (AvgIpc) is 2.90. The number of benzene rings is 1. The largest absolute Gasteiger partial charge is 0.464 e. The van der Waals surface area contributed by atoms with Gasteiger partial charge in [-0.3, -0.25) is 0 Å². The highest BCUT2D eigenvalue weighted by Crippen LogP contribution is 2.28. The first-order chi connectivity index (χ1) is 9.05. The van der Waals surface area contributed by atoms with E-state index in [-0.39, 0.29) is 5.54 Å². The molecule has 2 nitrogen and oxygen atoms in total. The molecule has 0 aliphatic rings. The second kappa shape index (κ2) is 4.23. The molecule has 96 valence electrons. The van der Waals surface area contributed by atoms with Gasteiger partial charge in [0.15, 0.2) is 17.9 Å². The molecule has 0 bridgehead atoms. The zero-order valence-corrected chi connectivity index (χ0v) is 11.6. The molecule has 1 aromatic carbocycles. The van der Waals surface area contributed by atoms with Crippen LogP contribution in [-0.2, 0) is 5.54 Å². The molecule has 0 saturated carbocycles. The van der Waals surface area contributed by atoms with E-state index in [2.05, 4.69) is 62.0 Å². The highest BCUT2D eigenvalue weighted by atomic mass is 16.3. The minimum Gasteiger partial charge on any atom is -0.464 e. The van der Waals surface area contributed by atoms with E-state index < -0.39 is 0 Å². The van der Waals surface area contributed by atoms with Crippen molar-refractivity contribution < 1.29 is 8.98 Å². The van der Waals surface area contributed by atoms with Gasteiger partial charge in [0.1, 0.15) is 5.76 Å². The van der Waals surface area contributed by atoms with E-state index in [0.717, 1.165) is 11.3 Å². The quantitative estimate of drug-likeness (QED) is 0.595. The first kappa shape index (κ1) is 12.0. The Hall–Kier alpha value is -2.09. The lowest BCUT2D eigenvalue weighted by atomic mass is 10.0. The van der Waals surface area contributed by atoms with Crippen LogP contribution >= 0.6 is 0 Å². The van der Waals surface area contributed by atoms with Gasteiger partial charge in [0.25, 0.3) is 0 Å². The fourth-order valence-electron chi connectivity index (χ4n) is 2.27. The molecule has 2 heteroatoms. The Bertz CT molecular complexity index is 706. The maximum Gasteiger partial charge on any atom is 0.180 e. The topological polar surface area (TPSA) is 17.0 Å². The predicted molar refractivity (Wildman–Crippen MR) is 76.8 cm³/mol. The molecule has 0 aliphatic carbocycles. The lowest BCUT2D eigenvalue weighted by Gasteiger charge is -2.15. The molecular weight excluding hydrogens is 234 g/mol. The molecule has 0 aliphatic heterocycles. The first-order valence-corrected chi connectivity index (χ1v) is 6.54. The van der Waals surface area contributed by atoms with E-state index in [0.29, 0.717) is 0 Å². The molecule has 0 amide bonds. The third-order valence-electron chi connectivity index (χ3n) is 3.36. The molecule has 3 rings (SSSR count). The molecule has 0 unspecified atom stereocenters. The highest BCUT2D eigenvalue weighted by Gasteiger charge is 2.24. The van der Waals surface area contributed by atoms with Gasteiger partial charge in [-0.25, -0.2) is 0 Å². The summed E-state index contributed by atoms with van der Waals surface area (Å²) in [4.78, 5) is 0. The zero-order valence-electron chi connectivity index (χ0n) is 11.6. The molecule has 0 spiro atoms. The number of fused-ring (bicyclic) bond motifs is 1. The number of hydrogen-bond acceptors (Lipinski definition) is 1. The van der Waals surface area contributed by atoms with Crippen LogP contribution in [-0.4, -0.2) is 0 Å². The van der Waals surface area contributed by atoms with E-state index in [9.17, 15) is 0 Å². The fourth-order valence-corrected chi connectivity index (χ4v) is 2.27. The van der Waals surface area contributed by atoms with E-state index in [1.54, 1.807) is 6.26 Å². The number of furan rings is 1. The Morgan fingerprint density at radius 1 is 0.947 bits per heavy atom. The van der Waals surface area contributed by atoms with Crippen LogP contribution in [0.25, 0.3) is 22.1 Å². The molecule has 0 atom stereocenters. The van der Waals surface area contributed by atoms with Gasteiger partial charge >= 0.3 is 0 Å². The van der Waals surface area contributed by atoms with Crippen LogP contribution in [0.1, 0.15) is 20.8 Å². The zero-order chi connectivity index (χ0) is 13.5. The standard InChI is InChI=1S/C17H18NO/c1-17(2,3)18-11-13-7-4-5-8-14(13)15(12-18)16-9-6-10-19-16/h4-12H,1-3H3/q+1. The van der Waals surface area contributed by atoms with Gasteiger partial charge in [0.05, 0.1) is 11.8 Å². The van der Waals surface area contributed by atoms with Gasteiger partial charge in [-0.15, -0.1) is 0 Å². The van der Waals surface area contributed by atoms with Crippen molar-refractivity contribution in [2.75, 3.05) is 0 Å². The Kier molecular flexibility index (Phi) is 2.67. The molecule has 3 aromatic rings. The minimum absolute atomic E-state index is 0.0470. The molecule has 2 heterocycles. The van der Waals surface area contributed by atoms with Crippen molar-refractivity contribution in [2.24, 2.45) is 0 Å². The Labute approximate surface area is 113 Å². The highest BCUT2D eigenvalue weighted by molar-refractivity contribution is 5.93. The summed E-state index contributed by atoms with van der Waals surface area (Å²) in [6.07, 6.45) is 6.08. The van der Waals surface area contributed by atoms with E-state index in [4.69, 9.17) is 4.42 Å². The smallest absolute Gasteiger partial charge is 0.180 e. The predicted octanol–water partition coefficient (Wildman–Crippen LogP) is 4.14. The third kappa shape index (κ3) is 2.14. The van der Waals surface area contributed by atoms with E-state index in [1.807, 2.05) is 12.1 Å². The number of rotatable bonds is 1. The van der Waals surface area contributed by atoms with Crippen LogP contribution < -0.4 is 4.57 Å². The van der Waals surface area contributed by atoms with Crippen LogP contribution in [0.5, 0.6) is 0 Å². The van der Waals surface area contributed by atoms with Gasteiger partial charge < -0.3 is 4.42 Å². The lowest BCUT2D eigenvalue weighted by molar-refractivity contribution is -0.752. The van der Waals surface area contributed by atoms with Gasteiger partial charge in [-0.05, 0) is 18.2 Å². The molecule has 0 fully saturated rings. The van der Waals surface area contributed by atoms with E-state index >= 15 is 0 Å². The molecule has 2 aromatic heterocycles. The van der Waals surface area contributed by atoms with Crippen molar-refractivity contribution in [3.8, 4) is 11.3 Å². The summed E-state index contributed by atoms with van der Waals surface area (Å²) in [5.74, 6) is 0.912. The van der Waals surface area contributed by atoms with Crippen LogP contribution in [0.4, 0.5) is 0 Å². The Balaban J connectivity index is 2.35. The molecule has 0 saturated heterocycles. The Morgan fingerprint density at radius 3 is 2.42 bits per heavy atom. The van der Waals surface area contributed by atoms with Gasteiger partial charge in [-0.1, -0.05) is 18.2 Å². The van der Waals surface area contributed by atoms with Crippen molar-refractivity contribution in [3.05, 3.63) is 55.1 Å². The molecular formula is C17H18NO+. The fraction of sp³-hybridized carbons (Fsp3) is 0.235. The van der Waals surface area contributed by atoms with Crippen LogP contribution in [0.3, 0.4) is 0 Å². The lowest BCUT2D eigenvalue weighted by Crippen LogP contribution is -2.49. The van der Waals surface area contributed by atoms with E-state index in [1.165, 1.54) is 10.8 Å². The number of aromatic nitrogens is 1. The normalized spacial score (nSPS) is 11.9. The van der Waals surface area contributed by atoms with Gasteiger partial charge in [0.2, 0.25) is 0 Å². The third-order valence-corrected chi connectivity index (χ3v) is 3.36. The molecule has 0 radical (unpaired) electrons. The van der Waals surface area contributed by atoms with Crippen molar-refractivity contribution >= 4 is 10.8 Å². The number of pyridine rings is 1.